The van der Waals surface area contributed by atoms with E-state index in [1.54, 1.807) is 11.1 Å². The third kappa shape index (κ3) is 7.28. The molecule has 9 nitrogen and oxygen atoms in total. The lowest BCUT2D eigenvalue weighted by Crippen LogP contribution is -2.41. The second kappa shape index (κ2) is 14.5. The number of benzene rings is 2. The van der Waals surface area contributed by atoms with Crippen molar-refractivity contribution < 1.29 is 4.79 Å². The molecule has 10 heteroatoms. The number of hydrogen-bond donors (Lipinski definition) is 3. The number of fused-ring (bicyclic) bond motifs is 1. The van der Waals surface area contributed by atoms with Gasteiger partial charge in [-0.3, -0.25) is 9.88 Å². The highest BCUT2D eigenvalue weighted by molar-refractivity contribution is 6.36. The molecule has 242 valence electrons. The molecular weight excluding hydrogens is 596 g/mol. The average Bonchev–Trinajstić information content (AvgIpc) is 3.05. The molecule has 2 aromatic heterocycles. The molecule has 4 aromatic rings. The molecule has 3 heterocycles. The molecular formula is C36H45ClN8O. The second-order valence-corrected chi connectivity index (χ2v) is 12.7. The van der Waals surface area contributed by atoms with Gasteiger partial charge >= 0.3 is 6.03 Å². The number of carbonyl (C=O) groups excluding carboxylic acids is 1. The number of likely N-dealkylation sites (N-methyl/N-ethyl adjacent to an activating group) is 2. The maximum Gasteiger partial charge on any atom is 0.325 e. The van der Waals surface area contributed by atoms with Crippen LogP contribution >= 0.6 is 11.6 Å². The zero-order valence-electron chi connectivity index (χ0n) is 27.9. The Kier molecular flexibility index (Phi) is 10.5. The lowest BCUT2D eigenvalue weighted by Gasteiger charge is -2.35. The van der Waals surface area contributed by atoms with E-state index < -0.39 is 0 Å². The molecule has 1 unspecified atom stereocenters. The summed E-state index contributed by atoms with van der Waals surface area (Å²) in [5, 5.41) is 11.6. The van der Waals surface area contributed by atoms with Gasteiger partial charge in [-0.25, -0.2) is 9.78 Å². The number of hydrogen-bond acceptors (Lipinski definition) is 7. The number of pyridine rings is 2. The van der Waals surface area contributed by atoms with Crippen LogP contribution in [0.5, 0.6) is 0 Å². The molecule has 5 rings (SSSR count). The van der Waals surface area contributed by atoms with Crippen molar-refractivity contribution in [1.29, 1.82) is 0 Å². The minimum absolute atomic E-state index is 0.232. The SMILES string of the molecule is CCC(C)NCc1cnc2c(Nc3cccc(-c4cccc(NC(=O)N(C)C5=C(N(C)C)CCN(C)C5)c4Cl)c3C)nccc2c1. The van der Waals surface area contributed by atoms with Crippen LogP contribution in [0.2, 0.25) is 5.02 Å². The molecule has 3 N–H and O–H groups in total. The molecule has 0 saturated carbocycles. The molecule has 0 saturated heterocycles. The van der Waals surface area contributed by atoms with Crippen LogP contribution < -0.4 is 16.0 Å². The first-order valence-electron chi connectivity index (χ1n) is 15.8. The Labute approximate surface area is 277 Å². The van der Waals surface area contributed by atoms with Crippen LogP contribution in [0.3, 0.4) is 0 Å². The minimum atomic E-state index is -0.232. The van der Waals surface area contributed by atoms with Gasteiger partial charge in [0.2, 0.25) is 0 Å². The number of halogens is 1. The summed E-state index contributed by atoms with van der Waals surface area (Å²) in [5.41, 5.74) is 8.33. The monoisotopic (exact) mass is 640 g/mol. The molecule has 1 aliphatic heterocycles. The summed E-state index contributed by atoms with van der Waals surface area (Å²) in [5.74, 6) is 0.689. The normalized spacial score (nSPS) is 14.3. The lowest BCUT2D eigenvalue weighted by molar-refractivity contribution is 0.219. The van der Waals surface area contributed by atoms with Crippen LogP contribution in [0, 0.1) is 6.92 Å². The highest BCUT2D eigenvalue weighted by atomic mass is 35.5. The van der Waals surface area contributed by atoms with Crippen LogP contribution in [-0.4, -0.2) is 78.0 Å². The van der Waals surface area contributed by atoms with Crippen molar-refractivity contribution in [2.75, 3.05) is 51.9 Å². The van der Waals surface area contributed by atoms with Crippen LogP contribution in [0.25, 0.3) is 22.0 Å². The van der Waals surface area contributed by atoms with Gasteiger partial charge in [0.15, 0.2) is 5.82 Å². The van der Waals surface area contributed by atoms with Gasteiger partial charge in [-0.2, -0.15) is 0 Å². The Morgan fingerprint density at radius 2 is 1.78 bits per heavy atom. The molecule has 1 atom stereocenters. The fourth-order valence-electron chi connectivity index (χ4n) is 5.73. The number of amides is 2. The van der Waals surface area contributed by atoms with Crippen molar-refractivity contribution in [3.05, 3.63) is 88.5 Å². The van der Waals surface area contributed by atoms with Gasteiger partial charge in [0, 0.05) is 88.0 Å². The molecule has 46 heavy (non-hydrogen) atoms. The van der Waals surface area contributed by atoms with E-state index in [-0.39, 0.29) is 6.03 Å². The number of anilines is 3. The summed E-state index contributed by atoms with van der Waals surface area (Å²) in [6.45, 7) is 8.84. The van der Waals surface area contributed by atoms with Gasteiger partial charge in [0.25, 0.3) is 0 Å². The zero-order valence-corrected chi connectivity index (χ0v) is 28.7. The third-order valence-electron chi connectivity index (χ3n) is 8.77. The van der Waals surface area contributed by atoms with E-state index in [0.717, 1.165) is 76.2 Å². The molecule has 1 aliphatic rings. The van der Waals surface area contributed by atoms with E-state index in [1.165, 1.54) is 0 Å². The van der Waals surface area contributed by atoms with Crippen molar-refractivity contribution in [1.82, 2.24) is 30.0 Å². The van der Waals surface area contributed by atoms with Gasteiger partial charge in [-0.05, 0) is 68.3 Å². The maximum atomic E-state index is 13.5. The van der Waals surface area contributed by atoms with E-state index in [9.17, 15) is 4.79 Å². The smallest absolute Gasteiger partial charge is 0.325 e. The molecule has 0 bridgehead atoms. The van der Waals surface area contributed by atoms with Gasteiger partial charge in [0.05, 0.1) is 16.4 Å². The largest absolute Gasteiger partial charge is 0.379 e. The van der Waals surface area contributed by atoms with Gasteiger partial charge in [0.1, 0.15) is 5.52 Å². The first-order chi connectivity index (χ1) is 22.1. The fraction of sp³-hybridized carbons (Fsp3) is 0.361. The van der Waals surface area contributed by atoms with Crippen molar-refractivity contribution >= 4 is 45.7 Å². The summed E-state index contributed by atoms with van der Waals surface area (Å²) in [7, 11) is 7.92. The Morgan fingerprint density at radius 3 is 2.52 bits per heavy atom. The Bertz CT molecular complexity index is 1750. The molecule has 0 radical (unpaired) electrons. The number of nitrogens with one attached hydrogen (secondary N) is 3. The third-order valence-corrected chi connectivity index (χ3v) is 9.18. The highest BCUT2D eigenvalue weighted by Crippen LogP contribution is 2.38. The van der Waals surface area contributed by atoms with Gasteiger partial charge in [-0.15, -0.1) is 0 Å². The number of aromatic nitrogens is 2. The van der Waals surface area contributed by atoms with E-state index >= 15 is 0 Å². The summed E-state index contributed by atoms with van der Waals surface area (Å²) in [6.07, 6.45) is 5.68. The van der Waals surface area contributed by atoms with Crippen LogP contribution in [0.15, 0.2) is 72.3 Å². The molecule has 0 spiro atoms. The van der Waals surface area contributed by atoms with E-state index in [1.807, 2.05) is 69.8 Å². The van der Waals surface area contributed by atoms with Crippen molar-refractivity contribution in [2.45, 2.75) is 46.2 Å². The average molecular weight is 641 g/mol. The summed E-state index contributed by atoms with van der Waals surface area (Å²) < 4.78 is 0. The quantitative estimate of drug-likeness (QED) is 0.166. The standard InChI is InChI=1S/C36H45ClN8O/c1-8-23(2)39-20-25-19-26-15-17-38-35(34(26)40-21-25)41-29-13-9-11-27(24(29)3)28-12-10-14-30(33(28)37)42-36(46)45(7)32-22-44(6)18-16-31(32)43(4)5/h9-15,17,19,21,23,39H,8,16,18,20,22H2,1-7H3,(H,38,41)(H,42,46). The Morgan fingerprint density at radius 1 is 1.04 bits per heavy atom. The van der Waals surface area contributed by atoms with Crippen LogP contribution in [0.4, 0.5) is 22.0 Å². The van der Waals surface area contributed by atoms with Crippen molar-refractivity contribution in [3.8, 4) is 11.1 Å². The summed E-state index contributed by atoms with van der Waals surface area (Å²) >= 11 is 7.00. The fourth-order valence-corrected chi connectivity index (χ4v) is 6.00. The Balaban J connectivity index is 1.38. The Hall–Kier alpha value is -4.18. The zero-order chi connectivity index (χ0) is 33.0. The van der Waals surface area contributed by atoms with Gasteiger partial charge in [-0.1, -0.05) is 42.8 Å². The van der Waals surface area contributed by atoms with Gasteiger partial charge < -0.3 is 25.8 Å². The number of urea groups is 1. The second-order valence-electron chi connectivity index (χ2n) is 12.3. The predicted octanol–water partition coefficient (Wildman–Crippen LogP) is 7.46. The number of carbonyl (C=O) groups is 1. The molecule has 2 aromatic carbocycles. The summed E-state index contributed by atoms with van der Waals surface area (Å²) in [6, 6.07) is 16.2. The number of nitrogens with zero attached hydrogens (tertiary/aromatic N) is 5. The van der Waals surface area contributed by atoms with E-state index in [2.05, 4.69) is 64.6 Å². The number of rotatable bonds is 10. The van der Waals surface area contributed by atoms with Crippen molar-refractivity contribution in [3.63, 3.8) is 0 Å². The van der Waals surface area contributed by atoms with Crippen LogP contribution in [0.1, 0.15) is 37.8 Å². The summed E-state index contributed by atoms with van der Waals surface area (Å²) in [4.78, 5) is 28.9. The minimum Gasteiger partial charge on any atom is -0.379 e. The predicted molar refractivity (Wildman–Crippen MR) is 191 cm³/mol. The first-order valence-corrected chi connectivity index (χ1v) is 16.2. The van der Waals surface area contributed by atoms with E-state index in [0.29, 0.717) is 29.1 Å². The first kappa shape index (κ1) is 33.2. The van der Waals surface area contributed by atoms with Crippen LogP contribution in [-0.2, 0) is 6.54 Å². The molecule has 0 fully saturated rings. The molecule has 0 aliphatic carbocycles. The highest BCUT2D eigenvalue weighted by Gasteiger charge is 2.25. The topological polar surface area (TPSA) is 88.7 Å². The maximum absolute atomic E-state index is 13.5. The van der Waals surface area contributed by atoms with Crippen molar-refractivity contribution in [2.24, 2.45) is 0 Å². The molecule has 2 amide bonds. The van der Waals surface area contributed by atoms with E-state index in [4.69, 9.17) is 16.6 Å². The lowest BCUT2D eigenvalue weighted by atomic mass is 9.98.